The quantitative estimate of drug-likeness (QED) is 0.764. The van der Waals surface area contributed by atoms with E-state index in [0.717, 1.165) is 11.5 Å². The molecule has 0 saturated heterocycles. The molecule has 68 valence electrons. The first-order chi connectivity index (χ1) is 6.27. The Morgan fingerprint density at radius 1 is 1.46 bits per heavy atom. The minimum atomic E-state index is 0.299. The summed E-state index contributed by atoms with van der Waals surface area (Å²) in [4.78, 5) is 7.25. The molecule has 0 unspecified atom stereocenters. The molecule has 0 atom stereocenters. The van der Waals surface area contributed by atoms with E-state index >= 15 is 0 Å². The van der Waals surface area contributed by atoms with E-state index < -0.39 is 0 Å². The summed E-state index contributed by atoms with van der Waals surface area (Å²) < 4.78 is 5.08. The van der Waals surface area contributed by atoms with Crippen molar-refractivity contribution in [1.29, 1.82) is 0 Å². The van der Waals surface area contributed by atoms with Crippen molar-refractivity contribution in [3.05, 3.63) is 24.2 Å². The van der Waals surface area contributed by atoms with Gasteiger partial charge in [0.25, 0.3) is 5.89 Å². The van der Waals surface area contributed by atoms with Gasteiger partial charge in [-0.1, -0.05) is 19.0 Å². The highest BCUT2D eigenvalue weighted by Gasteiger charge is 2.11. The summed E-state index contributed by atoms with van der Waals surface area (Å²) in [7, 11) is 0. The van der Waals surface area contributed by atoms with Gasteiger partial charge >= 0.3 is 0 Å². The number of hydrogen-bond donors (Lipinski definition) is 1. The second-order valence-electron chi connectivity index (χ2n) is 3.20. The molecule has 2 heterocycles. The summed E-state index contributed by atoms with van der Waals surface area (Å²) in [5.41, 5.74) is 0.861. The fourth-order valence-electron chi connectivity index (χ4n) is 1.04. The largest absolute Gasteiger partial charge is 0.357 e. The molecule has 13 heavy (non-hydrogen) atoms. The highest BCUT2D eigenvalue weighted by molar-refractivity contribution is 5.46. The van der Waals surface area contributed by atoms with Crippen LogP contribution in [0.5, 0.6) is 0 Å². The lowest BCUT2D eigenvalue weighted by atomic mass is 10.2. The van der Waals surface area contributed by atoms with Gasteiger partial charge in [0.1, 0.15) is 5.69 Å². The minimum Gasteiger partial charge on any atom is -0.357 e. The third-order valence-corrected chi connectivity index (χ3v) is 1.79. The van der Waals surface area contributed by atoms with Crippen molar-refractivity contribution < 1.29 is 4.52 Å². The third-order valence-electron chi connectivity index (χ3n) is 1.79. The van der Waals surface area contributed by atoms with Gasteiger partial charge in [-0.2, -0.15) is 4.98 Å². The van der Waals surface area contributed by atoms with Crippen LogP contribution in [0.15, 0.2) is 22.9 Å². The average molecular weight is 177 g/mol. The van der Waals surface area contributed by atoms with Crippen LogP contribution < -0.4 is 0 Å². The highest BCUT2D eigenvalue weighted by Crippen LogP contribution is 2.17. The first-order valence-electron chi connectivity index (χ1n) is 4.24. The van der Waals surface area contributed by atoms with Crippen LogP contribution in [0.1, 0.15) is 25.6 Å². The fourth-order valence-corrected chi connectivity index (χ4v) is 1.04. The van der Waals surface area contributed by atoms with E-state index in [9.17, 15) is 0 Å². The zero-order valence-corrected chi connectivity index (χ0v) is 7.61. The second kappa shape index (κ2) is 3.05. The summed E-state index contributed by atoms with van der Waals surface area (Å²) in [6.07, 6.45) is 1.83. The molecule has 1 N–H and O–H groups in total. The van der Waals surface area contributed by atoms with Gasteiger partial charge in [-0.05, 0) is 12.1 Å². The maximum Gasteiger partial charge on any atom is 0.274 e. The molecule has 2 aromatic heterocycles. The SMILES string of the molecule is CC(C)c1noc(-c2ccc[nH]2)n1. The van der Waals surface area contributed by atoms with Gasteiger partial charge in [0.2, 0.25) is 0 Å². The van der Waals surface area contributed by atoms with Crippen molar-refractivity contribution in [2.45, 2.75) is 19.8 Å². The molecule has 0 aliphatic rings. The summed E-state index contributed by atoms with van der Waals surface area (Å²) in [6, 6.07) is 3.80. The number of aromatic amines is 1. The number of hydrogen-bond acceptors (Lipinski definition) is 3. The topological polar surface area (TPSA) is 54.7 Å². The number of nitrogens with zero attached hydrogens (tertiary/aromatic N) is 2. The van der Waals surface area contributed by atoms with Crippen LogP contribution in [0.3, 0.4) is 0 Å². The van der Waals surface area contributed by atoms with Crippen molar-refractivity contribution in [2.75, 3.05) is 0 Å². The molecular weight excluding hydrogens is 166 g/mol. The molecule has 2 aromatic rings. The molecule has 0 bridgehead atoms. The van der Waals surface area contributed by atoms with Gasteiger partial charge in [-0.25, -0.2) is 0 Å². The third kappa shape index (κ3) is 1.47. The highest BCUT2D eigenvalue weighted by atomic mass is 16.5. The van der Waals surface area contributed by atoms with Crippen molar-refractivity contribution in [3.63, 3.8) is 0 Å². The van der Waals surface area contributed by atoms with E-state index in [1.165, 1.54) is 0 Å². The zero-order chi connectivity index (χ0) is 9.26. The van der Waals surface area contributed by atoms with E-state index in [1.54, 1.807) is 0 Å². The summed E-state index contributed by atoms with van der Waals surface area (Å²) >= 11 is 0. The zero-order valence-electron chi connectivity index (χ0n) is 7.61. The van der Waals surface area contributed by atoms with Crippen LogP contribution in [0.25, 0.3) is 11.6 Å². The van der Waals surface area contributed by atoms with E-state index in [2.05, 4.69) is 15.1 Å². The van der Waals surface area contributed by atoms with Crippen LogP contribution in [0.2, 0.25) is 0 Å². The molecule has 4 heteroatoms. The van der Waals surface area contributed by atoms with Crippen LogP contribution in [0, 0.1) is 0 Å². The molecule has 0 fully saturated rings. The number of nitrogens with one attached hydrogen (secondary N) is 1. The Morgan fingerprint density at radius 3 is 2.85 bits per heavy atom. The average Bonchev–Trinajstić information content (AvgIpc) is 2.75. The Balaban J connectivity index is 2.33. The molecule has 0 aromatic carbocycles. The predicted molar refractivity (Wildman–Crippen MR) is 48.2 cm³/mol. The fraction of sp³-hybridized carbons (Fsp3) is 0.333. The first kappa shape index (κ1) is 8.04. The standard InChI is InChI=1S/C9H11N3O/c1-6(2)8-11-9(13-12-8)7-4-3-5-10-7/h3-6,10H,1-2H3. The first-order valence-corrected chi connectivity index (χ1v) is 4.24. The molecule has 2 rings (SSSR count). The minimum absolute atomic E-state index is 0.299. The van der Waals surface area contributed by atoms with Crippen LogP contribution in [-0.2, 0) is 0 Å². The summed E-state index contributed by atoms with van der Waals surface area (Å²) in [5.74, 6) is 1.59. The molecule has 0 aliphatic heterocycles. The van der Waals surface area contributed by atoms with Gasteiger partial charge in [0.05, 0.1) is 0 Å². The van der Waals surface area contributed by atoms with Crippen molar-refractivity contribution >= 4 is 0 Å². The maximum absolute atomic E-state index is 5.08. The maximum atomic E-state index is 5.08. The molecular formula is C9H11N3O. The lowest BCUT2D eigenvalue weighted by Gasteiger charge is -1.91. The predicted octanol–water partition coefficient (Wildman–Crippen LogP) is 2.19. The molecule has 0 radical (unpaired) electrons. The molecule has 0 spiro atoms. The van der Waals surface area contributed by atoms with Crippen LogP contribution >= 0.6 is 0 Å². The Hall–Kier alpha value is -1.58. The van der Waals surface area contributed by atoms with Crippen LogP contribution in [0.4, 0.5) is 0 Å². The van der Waals surface area contributed by atoms with Gasteiger partial charge < -0.3 is 9.51 Å². The Morgan fingerprint density at radius 2 is 2.31 bits per heavy atom. The number of aromatic nitrogens is 3. The smallest absolute Gasteiger partial charge is 0.274 e. The number of rotatable bonds is 2. The molecule has 4 nitrogen and oxygen atoms in total. The summed E-state index contributed by atoms with van der Waals surface area (Å²) in [5, 5.41) is 3.87. The van der Waals surface area contributed by atoms with Gasteiger partial charge in [0.15, 0.2) is 5.82 Å². The molecule has 0 aliphatic carbocycles. The second-order valence-corrected chi connectivity index (χ2v) is 3.20. The normalized spacial score (nSPS) is 11.0. The Kier molecular flexibility index (Phi) is 1.88. The van der Waals surface area contributed by atoms with E-state index in [4.69, 9.17) is 4.52 Å². The lowest BCUT2D eigenvalue weighted by Crippen LogP contribution is -1.89. The van der Waals surface area contributed by atoms with Crippen LogP contribution in [-0.4, -0.2) is 15.1 Å². The van der Waals surface area contributed by atoms with Gasteiger partial charge in [-0.15, -0.1) is 0 Å². The monoisotopic (exact) mass is 177 g/mol. The molecule has 0 amide bonds. The number of H-pyrrole nitrogens is 1. The van der Waals surface area contributed by atoms with E-state index in [1.807, 2.05) is 32.2 Å². The van der Waals surface area contributed by atoms with Gasteiger partial charge in [0, 0.05) is 12.1 Å². The Labute approximate surface area is 76.0 Å². The van der Waals surface area contributed by atoms with Crippen molar-refractivity contribution in [2.24, 2.45) is 0 Å². The van der Waals surface area contributed by atoms with Crippen molar-refractivity contribution in [3.8, 4) is 11.6 Å². The van der Waals surface area contributed by atoms with Crippen molar-refractivity contribution in [1.82, 2.24) is 15.1 Å². The van der Waals surface area contributed by atoms with E-state index in [-0.39, 0.29) is 0 Å². The van der Waals surface area contributed by atoms with E-state index in [0.29, 0.717) is 11.8 Å². The summed E-state index contributed by atoms with van der Waals surface area (Å²) in [6.45, 7) is 4.06. The molecule has 0 saturated carbocycles. The van der Waals surface area contributed by atoms with Gasteiger partial charge in [-0.3, -0.25) is 0 Å². The lowest BCUT2D eigenvalue weighted by molar-refractivity contribution is 0.418. The Bertz CT molecular complexity index is 375.